The molecule has 0 bridgehead atoms. The summed E-state index contributed by atoms with van der Waals surface area (Å²) in [6.45, 7) is 1.94. The number of hydrogen-bond acceptors (Lipinski definition) is 3. The summed E-state index contributed by atoms with van der Waals surface area (Å²) in [6.07, 6.45) is 1.79. The molecule has 2 rings (SSSR count). The van der Waals surface area contributed by atoms with Gasteiger partial charge in [-0.25, -0.2) is 0 Å². The van der Waals surface area contributed by atoms with Crippen LogP contribution in [0.3, 0.4) is 0 Å². The van der Waals surface area contributed by atoms with Crippen LogP contribution in [0.15, 0.2) is 36.5 Å². The lowest BCUT2D eigenvalue weighted by Gasteiger charge is -2.08. The van der Waals surface area contributed by atoms with Gasteiger partial charge in [0.25, 0.3) is 0 Å². The van der Waals surface area contributed by atoms with E-state index < -0.39 is 0 Å². The van der Waals surface area contributed by atoms with Gasteiger partial charge >= 0.3 is 0 Å². The van der Waals surface area contributed by atoms with Crippen molar-refractivity contribution >= 4 is 0 Å². The van der Waals surface area contributed by atoms with E-state index in [1.54, 1.807) is 25.4 Å². The smallest absolute Gasteiger partial charge is 0.126 e. The summed E-state index contributed by atoms with van der Waals surface area (Å²) in [5.74, 6) is 0.745. The fourth-order valence-corrected chi connectivity index (χ4v) is 1.63. The van der Waals surface area contributed by atoms with E-state index >= 15 is 0 Å². The van der Waals surface area contributed by atoms with Gasteiger partial charge in [-0.2, -0.15) is 5.26 Å². The first-order chi connectivity index (χ1) is 8.24. The molecule has 1 aromatic carbocycles. The number of benzene rings is 1. The fourth-order valence-electron chi connectivity index (χ4n) is 1.63. The fraction of sp³-hybridized carbons (Fsp3) is 0.143. The summed E-state index contributed by atoms with van der Waals surface area (Å²) in [7, 11) is 1.62. The summed E-state index contributed by atoms with van der Waals surface area (Å²) >= 11 is 0. The number of nitrogens with zero attached hydrogens (tertiary/aromatic N) is 2. The molecular weight excluding hydrogens is 212 g/mol. The molecule has 1 aromatic heterocycles. The van der Waals surface area contributed by atoms with Crippen LogP contribution in [0.2, 0.25) is 0 Å². The molecule has 0 radical (unpaired) electrons. The summed E-state index contributed by atoms with van der Waals surface area (Å²) in [4.78, 5) is 4.25. The number of ether oxygens (including phenoxy) is 1. The molecule has 1 heterocycles. The molecule has 0 saturated carbocycles. The first kappa shape index (κ1) is 11.2. The highest BCUT2D eigenvalue weighted by Crippen LogP contribution is 2.30. The quantitative estimate of drug-likeness (QED) is 0.787. The highest BCUT2D eigenvalue weighted by atomic mass is 16.5. The van der Waals surface area contributed by atoms with E-state index in [2.05, 4.69) is 11.1 Å². The van der Waals surface area contributed by atoms with E-state index in [0.29, 0.717) is 5.56 Å². The first-order valence-corrected chi connectivity index (χ1v) is 5.26. The number of pyridine rings is 1. The summed E-state index contributed by atoms with van der Waals surface area (Å²) < 4.78 is 5.29. The second-order valence-corrected chi connectivity index (χ2v) is 3.72. The highest BCUT2D eigenvalue weighted by molar-refractivity contribution is 5.71. The van der Waals surface area contributed by atoms with Crippen molar-refractivity contribution in [2.24, 2.45) is 0 Å². The number of aryl methyl sites for hydroxylation is 1. The molecule has 0 saturated heterocycles. The SMILES string of the molecule is COc1ccc(C#N)cc1-c1ccc(C)nc1. The Morgan fingerprint density at radius 2 is 2.06 bits per heavy atom. The average molecular weight is 224 g/mol. The Labute approximate surface area is 100 Å². The lowest BCUT2D eigenvalue weighted by molar-refractivity contribution is 0.416. The average Bonchev–Trinajstić information content (AvgIpc) is 2.39. The van der Waals surface area contributed by atoms with Crippen LogP contribution in [-0.4, -0.2) is 12.1 Å². The van der Waals surface area contributed by atoms with E-state index in [4.69, 9.17) is 10.00 Å². The van der Waals surface area contributed by atoms with Crippen molar-refractivity contribution < 1.29 is 4.74 Å². The molecule has 0 spiro atoms. The largest absolute Gasteiger partial charge is 0.496 e. The van der Waals surface area contributed by atoms with Gasteiger partial charge in [-0.05, 0) is 31.2 Å². The zero-order valence-electron chi connectivity index (χ0n) is 9.77. The van der Waals surface area contributed by atoms with Crippen molar-refractivity contribution in [3.8, 4) is 22.9 Å². The number of aromatic nitrogens is 1. The standard InChI is InChI=1S/C14H12N2O/c1-10-3-5-12(9-16-10)13-7-11(8-15)4-6-14(13)17-2/h3-7,9H,1-2H3. The molecule has 17 heavy (non-hydrogen) atoms. The topological polar surface area (TPSA) is 45.9 Å². The molecule has 0 fully saturated rings. The minimum absolute atomic E-state index is 0.612. The van der Waals surface area contributed by atoms with E-state index in [1.807, 2.05) is 25.1 Å². The maximum absolute atomic E-state index is 8.91. The molecule has 2 aromatic rings. The molecule has 84 valence electrons. The normalized spacial score (nSPS) is 9.71. The molecule has 3 heteroatoms. The van der Waals surface area contributed by atoms with Crippen molar-refractivity contribution in [3.63, 3.8) is 0 Å². The molecule has 0 N–H and O–H groups in total. The van der Waals surface area contributed by atoms with Gasteiger partial charge in [0.15, 0.2) is 0 Å². The third-order valence-corrected chi connectivity index (χ3v) is 2.55. The molecule has 0 unspecified atom stereocenters. The van der Waals surface area contributed by atoms with Crippen molar-refractivity contribution in [2.45, 2.75) is 6.92 Å². The number of hydrogen-bond donors (Lipinski definition) is 0. The van der Waals surface area contributed by atoms with Crippen LogP contribution in [0, 0.1) is 18.3 Å². The van der Waals surface area contributed by atoms with Gasteiger partial charge in [0, 0.05) is 23.0 Å². The molecule has 0 amide bonds. The van der Waals surface area contributed by atoms with Crippen LogP contribution in [0.1, 0.15) is 11.3 Å². The van der Waals surface area contributed by atoms with Gasteiger partial charge < -0.3 is 4.74 Å². The van der Waals surface area contributed by atoms with Crippen molar-refractivity contribution in [2.75, 3.05) is 7.11 Å². The second kappa shape index (κ2) is 4.67. The Hall–Kier alpha value is -2.34. The minimum atomic E-state index is 0.612. The van der Waals surface area contributed by atoms with Gasteiger partial charge in [-0.1, -0.05) is 6.07 Å². The monoisotopic (exact) mass is 224 g/mol. The lowest BCUT2D eigenvalue weighted by atomic mass is 10.0. The molecule has 0 aliphatic carbocycles. The Morgan fingerprint density at radius 1 is 1.24 bits per heavy atom. The Kier molecular flexibility index (Phi) is 3.06. The molecule has 0 aliphatic rings. The van der Waals surface area contributed by atoms with Crippen molar-refractivity contribution in [3.05, 3.63) is 47.8 Å². The first-order valence-electron chi connectivity index (χ1n) is 5.26. The number of nitriles is 1. The van der Waals surface area contributed by atoms with Gasteiger partial charge in [-0.15, -0.1) is 0 Å². The molecule has 0 atom stereocenters. The van der Waals surface area contributed by atoms with Crippen LogP contribution < -0.4 is 4.74 Å². The predicted octanol–water partition coefficient (Wildman–Crippen LogP) is 2.94. The number of methoxy groups -OCH3 is 1. The van der Waals surface area contributed by atoms with Crippen LogP contribution in [-0.2, 0) is 0 Å². The summed E-state index contributed by atoms with van der Waals surface area (Å²) in [5.41, 5.74) is 3.41. The zero-order valence-corrected chi connectivity index (χ0v) is 9.77. The van der Waals surface area contributed by atoms with Crippen LogP contribution in [0.25, 0.3) is 11.1 Å². The Morgan fingerprint density at radius 3 is 2.65 bits per heavy atom. The Bertz CT molecular complexity index is 568. The maximum Gasteiger partial charge on any atom is 0.126 e. The van der Waals surface area contributed by atoms with Crippen molar-refractivity contribution in [1.82, 2.24) is 4.98 Å². The molecule has 3 nitrogen and oxygen atoms in total. The predicted molar refractivity (Wildman–Crippen MR) is 65.7 cm³/mol. The zero-order chi connectivity index (χ0) is 12.3. The van der Waals surface area contributed by atoms with Crippen LogP contribution in [0.4, 0.5) is 0 Å². The second-order valence-electron chi connectivity index (χ2n) is 3.72. The highest BCUT2D eigenvalue weighted by Gasteiger charge is 2.07. The van der Waals surface area contributed by atoms with E-state index in [1.165, 1.54) is 0 Å². The summed E-state index contributed by atoms with van der Waals surface area (Å²) in [5, 5.41) is 8.91. The van der Waals surface area contributed by atoms with E-state index in [9.17, 15) is 0 Å². The number of rotatable bonds is 2. The molecule has 0 aliphatic heterocycles. The lowest BCUT2D eigenvalue weighted by Crippen LogP contribution is -1.90. The van der Waals surface area contributed by atoms with Crippen LogP contribution in [0.5, 0.6) is 5.75 Å². The van der Waals surface area contributed by atoms with Gasteiger partial charge in [0.2, 0.25) is 0 Å². The van der Waals surface area contributed by atoms with E-state index in [-0.39, 0.29) is 0 Å². The van der Waals surface area contributed by atoms with Gasteiger partial charge in [0.05, 0.1) is 18.7 Å². The maximum atomic E-state index is 8.91. The minimum Gasteiger partial charge on any atom is -0.496 e. The van der Waals surface area contributed by atoms with Crippen LogP contribution >= 0.6 is 0 Å². The Balaban J connectivity index is 2.56. The molecular formula is C14H12N2O. The van der Waals surface area contributed by atoms with Gasteiger partial charge in [0.1, 0.15) is 5.75 Å². The van der Waals surface area contributed by atoms with E-state index in [0.717, 1.165) is 22.6 Å². The third kappa shape index (κ3) is 2.26. The third-order valence-electron chi connectivity index (χ3n) is 2.55. The summed E-state index contributed by atoms with van der Waals surface area (Å²) in [6, 6.07) is 11.4. The van der Waals surface area contributed by atoms with Crippen molar-refractivity contribution in [1.29, 1.82) is 5.26 Å². The van der Waals surface area contributed by atoms with Gasteiger partial charge in [-0.3, -0.25) is 4.98 Å².